The fraction of sp³-hybridized carbons (Fsp3) is 0.842. The van der Waals surface area contributed by atoms with Crippen LogP contribution in [0.15, 0.2) is 12.2 Å². The number of rotatable bonds is 5. The summed E-state index contributed by atoms with van der Waals surface area (Å²) in [6.45, 7) is 8.49. The van der Waals surface area contributed by atoms with Crippen LogP contribution in [0.4, 0.5) is 0 Å². The van der Waals surface area contributed by atoms with Crippen molar-refractivity contribution < 1.29 is 19.7 Å². The third-order valence-electron chi connectivity index (χ3n) is 6.77. The standard InChI is InChI=1S/C19H31NO4/c1-12-5-4-6-18(2)8-16-13(7-15(12)18)14(17(23)24-16)9-20-19(3,10-21)11-22/h13-16,20-22H,1,4-11H2,2-3H3/t13-,14+,15+,16-,18-/m1/s1. The monoisotopic (exact) mass is 337 g/mol. The molecule has 0 aromatic rings. The molecular formula is C19H31NO4. The Labute approximate surface area is 144 Å². The van der Waals surface area contributed by atoms with Gasteiger partial charge >= 0.3 is 5.97 Å². The van der Waals surface area contributed by atoms with E-state index in [9.17, 15) is 15.0 Å². The van der Waals surface area contributed by atoms with E-state index in [1.807, 2.05) is 0 Å². The molecule has 1 aliphatic heterocycles. The van der Waals surface area contributed by atoms with Gasteiger partial charge in [-0.25, -0.2) is 0 Å². The molecule has 1 heterocycles. The second-order valence-corrected chi connectivity index (χ2v) is 8.66. The van der Waals surface area contributed by atoms with Crippen LogP contribution in [0, 0.1) is 23.2 Å². The molecule has 0 aromatic heterocycles. The number of ether oxygens (including phenoxy) is 1. The van der Waals surface area contributed by atoms with Gasteiger partial charge < -0.3 is 20.3 Å². The van der Waals surface area contributed by atoms with E-state index in [1.165, 1.54) is 18.4 Å². The Kier molecular flexibility index (Phi) is 4.80. The van der Waals surface area contributed by atoms with Crippen molar-refractivity contribution in [3.63, 3.8) is 0 Å². The third-order valence-corrected chi connectivity index (χ3v) is 6.77. The van der Waals surface area contributed by atoms with Crippen molar-refractivity contribution in [1.82, 2.24) is 5.32 Å². The van der Waals surface area contributed by atoms with E-state index in [1.54, 1.807) is 6.92 Å². The Hall–Kier alpha value is -0.910. The number of aliphatic hydroxyl groups is 2. The van der Waals surface area contributed by atoms with Crippen molar-refractivity contribution in [3.05, 3.63) is 12.2 Å². The van der Waals surface area contributed by atoms with Crippen LogP contribution in [-0.2, 0) is 9.53 Å². The smallest absolute Gasteiger partial charge is 0.310 e. The second-order valence-electron chi connectivity index (χ2n) is 8.66. The first kappa shape index (κ1) is 17.9. The molecule has 5 heteroatoms. The summed E-state index contributed by atoms with van der Waals surface area (Å²) in [5.41, 5.74) is 0.781. The molecule has 5 atom stereocenters. The molecule has 2 aliphatic carbocycles. The van der Waals surface area contributed by atoms with Gasteiger partial charge in [0.15, 0.2) is 0 Å². The van der Waals surface area contributed by atoms with Gasteiger partial charge in [-0.1, -0.05) is 19.1 Å². The maximum absolute atomic E-state index is 12.4. The summed E-state index contributed by atoms with van der Waals surface area (Å²) in [5, 5.41) is 22.0. The van der Waals surface area contributed by atoms with Gasteiger partial charge in [0.2, 0.25) is 0 Å². The maximum Gasteiger partial charge on any atom is 0.310 e. The number of fused-ring (bicyclic) bond motifs is 2. The fourth-order valence-corrected chi connectivity index (χ4v) is 5.01. The molecule has 0 spiro atoms. The van der Waals surface area contributed by atoms with Gasteiger partial charge in [-0.05, 0) is 50.4 Å². The zero-order chi connectivity index (χ0) is 17.5. The van der Waals surface area contributed by atoms with Crippen molar-refractivity contribution in [2.45, 2.75) is 57.6 Å². The Balaban J connectivity index is 1.72. The van der Waals surface area contributed by atoms with Gasteiger partial charge in [0.25, 0.3) is 0 Å². The van der Waals surface area contributed by atoms with E-state index in [-0.39, 0.29) is 42.5 Å². The molecule has 3 N–H and O–H groups in total. The lowest BCUT2D eigenvalue weighted by molar-refractivity contribution is -0.146. The van der Waals surface area contributed by atoms with Crippen molar-refractivity contribution in [1.29, 1.82) is 0 Å². The van der Waals surface area contributed by atoms with Crippen LogP contribution in [0.2, 0.25) is 0 Å². The summed E-state index contributed by atoms with van der Waals surface area (Å²) < 4.78 is 5.73. The number of hydrogen-bond donors (Lipinski definition) is 3. The molecule has 0 radical (unpaired) electrons. The van der Waals surface area contributed by atoms with Crippen LogP contribution in [0.1, 0.15) is 46.0 Å². The Bertz CT molecular complexity index is 515. The van der Waals surface area contributed by atoms with Gasteiger partial charge in [-0.3, -0.25) is 4.79 Å². The molecule has 2 saturated carbocycles. The highest BCUT2D eigenvalue weighted by Crippen LogP contribution is 2.56. The Morgan fingerprint density at radius 2 is 2.12 bits per heavy atom. The summed E-state index contributed by atoms with van der Waals surface area (Å²) in [5.74, 6) is 0.349. The van der Waals surface area contributed by atoms with Gasteiger partial charge in [-0.2, -0.15) is 0 Å². The predicted octanol–water partition coefficient (Wildman–Crippen LogP) is 1.63. The van der Waals surface area contributed by atoms with Crippen LogP contribution in [0.3, 0.4) is 0 Å². The first-order valence-electron chi connectivity index (χ1n) is 9.17. The van der Waals surface area contributed by atoms with Crippen molar-refractivity contribution in [3.8, 4) is 0 Å². The number of hydrogen-bond acceptors (Lipinski definition) is 5. The van der Waals surface area contributed by atoms with E-state index >= 15 is 0 Å². The summed E-state index contributed by atoms with van der Waals surface area (Å²) in [6, 6.07) is 0. The van der Waals surface area contributed by atoms with Crippen LogP contribution < -0.4 is 5.32 Å². The summed E-state index contributed by atoms with van der Waals surface area (Å²) in [7, 11) is 0. The molecule has 136 valence electrons. The molecule has 3 fully saturated rings. The lowest BCUT2D eigenvalue weighted by Crippen LogP contribution is -2.52. The molecule has 3 rings (SSSR count). The SMILES string of the molecule is C=C1CCC[C@]2(C)C[C@H]3OC(=O)[C@@H](CNC(C)(CO)CO)[C@H]3C[C@@H]12. The van der Waals surface area contributed by atoms with E-state index in [4.69, 9.17) is 4.74 Å². The van der Waals surface area contributed by atoms with E-state index in [0.717, 1.165) is 19.3 Å². The van der Waals surface area contributed by atoms with E-state index in [0.29, 0.717) is 12.5 Å². The van der Waals surface area contributed by atoms with Crippen molar-refractivity contribution in [2.75, 3.05) is 19.8 Å². The molecule has 0 aromatic carbocycles. The average molecular weight is 337 g/mol. The summed E-state index contributed by atoms with van der Waals surface area (Å²) in [4.78, 5) is 12.4. The molecule has 5 nitrogen and oxygen atoms in total. The van der Waals surface area contributed by atoms with E-state index in [2.05, 4.69) is 18.8 Å². The topological polar surface area (TPSA) is 78.8 Å². The minimum absolute atomic E-state index is 0.00552. The third kappa shape index (κ3) is 3.02. The largest absolute Gasteiger partial charge is 0.462 e. The highest BCUT2D eigenvalue weighted by molar-refractivity contribution is 5.75. The number of nitrogens with one attached hydrogen (secondary N) is 1. The van der Waals surface area contributed by atoms with Crippen LogP contribution in [0.25, 0.3) is 0 Å². The van der Waals surface area contributed by atoms with Crippen LogP contribution in [-0.4, -0.2) is 47.6 Å². The minimum Gasteiger partial charge on any atom is -0.462 e. The highest BCUT2D eigenvalue weighted by atomic mass is 16.6. The van der Waals surface area contributed by atoms with Crippen molar-refractivity contribution >= 4 is 5.97 Å². The zero-order valence-corrected chi connectivity index (χ0v) is 14.9. The summed E-state index contributed by atoms with van der Waals surface area (Å²) >= 11 is 0. The summed E-state index contributed by atoms with van der Waals surface area (Å²) in [6.07, 6.45) is 5.38. The van der Waals surface area contributed by atoms with Crippen LogP contribution in [0.5, 0.6) is 0 Å². The highest BCUT2D eigenvalue weighted by Gasteiger charge is 2.55. The quantitative estimate of drug-likeness (QED) is 0.525. The molecule has 0 unspecified atom stereocenters. The van der Waals surface area contributed by atoms with E-state index < -0.39 is 5.54 Å². The molecule has 3 aliphatic rings. The number of allylic oxidation sites excluding steroid dienone is 1. The first-order valence-corrected chi connectivity index (χ1v) is 9.17. The van der Waals surface area contributed by atoms with Gasteiger partial charge in [0, 0.05) is 12.5 Å². The lowest BCUT2D eigenvalue weighted by atomic mass is 9.55. The Morgan fingerprint density at radius 1 is 1.42 bits per heavy atom. The molecular weight excluding hydrogens is 306 g/mol. The number of aliphatic hydroxyl groups excluding tert-OH is 2. The fourth-order valence-electron chi connectivity index (χ4n) is 5.01. The minimum atomic E-state index is -0.768. The molecule has 0 bridgehead atoms. The maximum atomic E-state index is 12.4. The van der Waals surface area contributed by atoms with Gasteiger partial charge in [-0.15, -0.1) is 0 Å². The Morgan fingerprint density at radius 3 is 2.79 bits per heavy atom. The molecule has 0 amide bonds. The lowest BCUT2D eigenvalue weighted by Gasteiger charge is -2.50. The van der Waals surface area contributed by atoms with Crippen molar-refractivity contribution in [2.24, 2.45) is 23.2 Å². The molecule has 24 heavy (non-hydrogen) atoms. The second kappa shape index (κ2) is 6.43. The normalized spacial score (nSPS) is 39.3. The number of carbonyl (C=O) groups excluding carboxylic acids is 1. The number of esters is 1. The van der Waals surface area contributed by atoms with Gasteiger partial charge in [0.1, 0.15) is 6.10 Å². The van der Waals surface area contributed by atoms with Crippen LogP contribution >= 0.6 is 0 Å². The predicted molar refractivity (Wildman–Crippen MR) is 91.3 cm³/mol. The zero-order valence-electron chi connectivity index (χ0n) is 14.9. The first-order chi connectivity index (χ1) is 11.3. The number of carbonyl (C=O) groups is 1. The molecule has 1 saturated heterocycles. The average Bonchev–Trinajstić information content (AvgIpc) is 2.84. The van der Waals surface area contributed by atoms with Gasteiger partial charge in [0.05, 0.1) is 24.7 Å².